The zero-order chi connectivity index (χ0) is 20.2. The third kappa shape index (κ3) is 2.94. The Morgan fingerprint density at radius 3 is 2.72 bits per heavy atom. The Kier molecular flexibility index (Phi) is 4.04. The predicted molar refractivity (Wildman–Crippen MR) is 107 cm³/mol. The maximum absolute atomic E-state index is 12.9. The second-order valence-electron chi connectivity index (χ2n) is 8.63. The van der Waals surface area contributed by atoms with Crippen molar-refractivity contribution in [3.63, 3.8) is 0 Å². The molecule has 3 aromatic rings. The lowest BCUT2D eigenvalue weighted by molar-refractivity contribution is 0.0513. The fourth-order valence-electron chi connectivity index (χ4n) is 4.76. The molecule has 0 aromatic carbocycles. The summed E-state index contributed by atoms with van der Waals surface area (Å²) in [6.45, 7) is 5.37. The Morgan fingerprint density at radius 2 is 1.97 bits per heavy atom. The van der Waals surface area contributed by atoms with E-state index in [1.807, 2.05) is 35.7 Å². The first-order valence-electron chi connectivity index (χ1n) is 10.1. The summed E-state index contributed by atoms with van der Waals surface area (Å²) < 4.78 is 1.85. The van der Waals surface area contributed by atoms with Crippen molar-refractivity contribution in [2.45, 2.75) is 45.6 Å². The normalized spacial score (nSPS) is 18.6. The lowest BCUT2D eigenvalue weighted by Crippen LogP contribution is -2.46. The molecule has 3 aromatic heterocycles. The number of rotatable bonds is 2. The number of amides is 1. The van der Waals surface area contributed by atoms with Crippen molar-refractivity contribution in [3.05, 3.63) is 41.5 Å². The van der Waals surface area contributed by atoms with E-state index in [0.717, 1.165) is 35.9 Å². The van der Waals surface area contributed by atoms with Crippen molar-refractivity contribution in [1.29, 1.82) is 0 Å². The van der Waals surface area contributed by atoms with Gasteiger partial charge in [0.2, 0.25) is 0 Å². The average Bonchev–Trinajstić information content (AvgIpc) is 3.34. The minimum atomic E-state index is -0.0631. The van der Waals surface area contributed by atoms with Gasteiger partial charge in [0.05, 0.1) is 12.4 Å². The predicted octanol–water partition coefficient (Wildman–Crippen LogP) is 2.79. The summed E-state index contributed by atoms with van der Waals surface area (Å²) in [5.41, 5.74) is 2.82. The second-order valence-corrected chi connectivity index (χ2v) is 8.63. The quantitative estimate of drug-likeness (QED) is 0.723. The van der Waals surface area contributed by atoms with Gasteiger partial charge in [-0.25, -0.2) is 4.98 Å². The molecule has 0 radical (unpaired) electrons. The molecule has 1 aliphatic heterocycles. The first-order valence-corrected chi connectivity index (χ1v) is 10.1. The van der Waals surface area contributed by atoms with Crippen molar-refractivity contribution < 1.29 is 9.59 Å². The molecule has 1 spiro atoms. The Hall–Kier alpha value is -3.03. The van der Waals surface area contributed by atoms with Gasteiger partial charge in [-0.05, 0) is 50.7 Å². The van der Waals surface area contributed by atoms with Crippen molar-refractivity contribution in [2.75, 3.05) is 13.1 Å². The minimum Gasteiger partial charge on any atom is -0.337 e. The number of carbonyl (C=O) groups is 2. The molecule has 1 fully saturated rings. The number of ketones is 1. The number of nitrogens with one attached hydrogen (secondary N) is 1. The van der Waals surface area contributed by atoms with Gasteiger partial charge in [-0.1, -0.05) is 0 Å². The van der Waals surface area contributed by atoms with Gasteiger partial charge in [-0.15, -0.1) is 0 Å². The van der Waals surface area contributed by atoms with E-state index in [1.54, 1.807) is 12.3 Å². The second kappa shape index (κ2) is 6.50. The zero-order valence-corrected chi connectivity index (χ0v) is 16.7. The zero-order valence-electron chi connectivity index (χ0n) is 16.7. The Labute approximate surface area is 168 Å². The lowest BCUT2D eigenvalue weighted by Gasteiger charge is -2.43. The van der Waals surface area contributed by atoms with Crippen LogP contribution in [0.4, 0.5) is 0 Å². The van der Waals surface area contributed by atoms with Crippen LogP contribution in [0, 0.1) is 5.41 Å². The molecule has 8 nitrogen and oxygen atoms in total. The van der Waals surface area contributed by atoms with Crippen LogP contribution in [0.5, 0.6) is 0 Å². The molecule has 0 atom stereocenters. The summed E-state index contributed by atoms with van der Waals surface area (Å²) in [4.78, 5) is 32.1. The Bertz CT molecular complexity index is 1100. The molecular formula is C21H24N6O2. The Balaban J connectivity index is 1.32. The van der Waals surface area contributed by atoms with Crippen LogP contribution in [0.2, 0.25) is 0 Å². The van der Waals surface area contributed by atoms with Gasteiger partial charge in [0.25, 0.3) is 5.91 Å². The average molecular weight is 392 g/mol. The van der Waals surface area contributed by atoms with Crippen LogP contribution in [0.1, 0.15) is 65.7 Å². The number of fused-ring (bicyclic) bond motifs is 2. The topological polar surface area (TPSA) is 96.8 Å². The first kappa shape index (κ1) is 18.0. The fourth-order valence-corrected chi connectivity index (χ4v) is 4.76. The van der Waals surface area contributed by atoms with Gasteiger partial charge in [0, 0.05) is 36.5 Å². The van der Waals surface area contributed by atoms with Crippen molar-refractivity contribution in [3.8, 4) is 0 Å². The van der Waals surface area contributed by atoms with Crippen LogP contribution in [0.3, 0.4) is 0 Å². The molecule has 1 amide bonds. The number of aromatic amines is 1. The number of pyridine rings is 1. The van der Waals surface area contributed by atoms with Crippen molar-refractivity contribution >= 4 is 22.7 Å². The van der Waals surface area contributed by atoms with Gasteiger partial charge < -0.3 is 4.90 Å². The minimum absolute atomic E-state index is 0.0630. The molecule has 2 aliphatic rings. The fraction of sp³-hybridized carbons (Fsp3) is 0.476. The van der Waals surface area contributed by atoms with Crippen LogP contribution in [0.15, 0.2) is 24.5 Å². The molecule has 0 saturated carbocycles. The van der Waals surface area contributed by atoms with Crippen LogP contribution in [-0.4, -0.2) is 54.6 Å². The third-order valence-electron chi connectivity index (χ3n) is 6.36. The monoisotopic (exact) mass is 392 g/mol. The molecule has 29 heavy (non-hydrogen) atoms. The van der Waals surface area contributed by atoms with Crippen LogP contribution < -0.4 is 0 Å². The van der Waals surface area contributed by atoms with Crippen LogP contribution >= 0.6 is 0 Å². The highest BCUT2D eigenvalue weighted by Crippen LogP contribution is 2.44. The van der Waals surface area contributed by atoms with E-state index in [0.29, 0.717) is 30.9 Å². The summed E-state index contributed by atoms with van der Waals surface area (Å²) in [5, 5.41) is 12.1. The maximum atomic E-state index is 12.9. The molecule has 8 heteroatoms. The number of hydrogen-bond acceptors (Lipinski definition) is 5. The first-order chi connectivity index (χ1) is 14.0. The van der Waals surface area contributed by atoms with E-state index in [9.17, 15) is 9.59 Å². The maximum Gasteiger partial charge on any atom is 0.272 e. The summed E-state index contributed by atoms with van der Waals surface area (Å²) >= 11 is 0. The number of carbonyl (C=O) groups excluding carboxylic acids is 2. The van der Waals surface area contributed by atoms with Crippen molar-refractivity contribution in [1.82, 2.24) is 29.9 Å². The third-order valence-corrected chi connectivity index (χ3v) is 6.36. The van der Waals surface area contributed by atoms with E-state index < -0.39 is 0 Å². The highest BCUT2D eigenvalue weighted by molar-refractivity contribution is 5.98. The van der Waals surface area contributed by atoms with Crippen LogP contribution in [-0.2, 0) is 6.42 Å². The van der Waals surface area contributed by atoms with Crippen LogP contribution in [0.25, 0.3) is 11.0 Å². The lowest BCUT2D eigenvalue weighted by atomic mass is 9.67. The molecule has 1 saturated heterocycles. The molecule has 1 N–H and O–H groups in total. The molecule has 0 unspecified atom stereocenters. The van der Waals surface area contributed by atoms with E-state index in [1.165, 1.54) is 0 Å². The molecule has 150 valence electrons. The number of H-pyrrole nitrogens is 1. The van der Waals surface area contributed by atoms with Crippen molar-refractivity contribution in [2.24, 2.45) is 5.41 Å². The number of hydrogen-bond donors (Lipinski definition) is 1. The summed E-state index contributed by atoms with van der Waals surface area (Å²) in [6, 6.07) is 3.79. The smallest absolute Gasteiger partial charge is 0.272 e. The van der Waals surface area contributed by atoms with Gasteiger partial charge in [0.1, 0.15) is 11.4 Å². The number of nitrogens with zero attached hydrogens (tertiary/aromatic N) is 5. The number of aromatic nitrogens is 5. The number of likely N-dealkylation sites (tertiary alicyclic amines) is 1. The van der Waals surface area contributed by atoms with E-state index in [4.69, 9.17) is 0 Å². The largest absolute Gasteiger partial charge is 0.337 e. The molecule has 5 rings (SSSR count). The number of piperidine rings is 1. The molecule has 4 heterocycles. The van der Waals surface area contributed by atoms with Gasteiger partial charge in [0.15, 0.2) is 11.4 Å². The molecular weight excluding hydrogens is 368 g/mol. The van der Waals surface area contributed by atoms with Gasteiger partial charge in [-0.2, -0.15) is 10.2 Å². The van der Waals surface area contributed by atoms with Gasteiger partial charge >= 0.3 is 0 Å². The SMILES string of the molecule is CC(C)n1ncc2c1C(=O)CC1(CCN(C(=O)c3ccc4cn[nH]c4n3)CC1)C2. The van der Waals surface area contributed by atoms with E-state index in [2.05, 4.69) is 20.3 Å². The van der Waals surface area contributed by atoms with Gasteiger partial charge in [-0.3, -0.25) is 19.4 Å². The summed E-state index contributed by atoms with van der Waals surface area (Å²) in [5.74, 6) is 0.121. The molecule has 1 aliphatic carbocycles. The number of Topliss-reactive ketones (excluding diaryl/α,β-unsaturated/α-hetero) is 1. The Morgan fingerprint density at radius 1 is 1.17 bits per heavy atom. The summed E-state index contributed by atoms with van der Waals surface area (Å²) in [7, 11) is 0. The highest BCUT2D eigenvalue weighted by Gasteiger charge is 2.43. The van der Waals surface area contributed by atoms with E-state index in [-0.39, 0.29) is 23.1 Å². The molecule has 0 bridgehead atoms. The summed E-state index contributed by atoms with van der Waals surface area (Å²) in [6.07, 6.45) is 6.60. The standard InChI is InChI=1S/C21H24N6O2/c1-13(2)27-18-15(12-23-27)9-21(10-17(18)28)5-7-26(8-6-21)20(29)16-4-3-14-11-22-25-19(14)24-16/h3-4,11-13H,5-10H2,1-2H3,(H,22,24,25). The highest BCUT2D eigenvalue weighted by atomic mass is 16.2. The van der Waals surface area contributed by atoms with E-state index >= 15 is 0 Å².